The highest BCUT2D eigenvalue weighted by atomic mass is 32.2. The summed E-state index contributed by atoms with van der Waals surface area (Å²) in [5, 5.41) is 10.2. The van der Waals surface area contributed by atoms with Crippen LogP contribution in [-0.4, -0.2) is 0 Å². The number of hydrogen-bond acceptors (Lipinski definition) is 2. The summed E-state index contributed by atoms with van der Waals surface area (Å²) in [7, 11) is 0. The summed E-state index contributed by atoms with van der Waals surface area (Å²) in [5.41, 5.74) is 1.85. The Morgan fingerprint density at radius 2 is 1.35 bits per heavy atom. The van der Waals surface area contributed by atoms with Crippen molar-refractivity contribution in [2.45, 2.75) is 31.1 Å². The predicted molar refractivity (Wildman–Crippen MR) is 114 cm³/mol. The molecule has 0 radical (unpaired) electrons. The van der Waals surface area contributed by atoms with E-state index in [0.717, 1.165) is 18.6 Å². The number of hydrogen-bond donors (Lipinski definition) is 0. The first-order chi connectivity index (χ1) is 14.9. The number of benzene rings is 3. The third kappa shape index (κ3) is 5.48. The molecule has 156 valence electrons. The van der Waals surface area contributed by atoms with Gasteiger partial charge in [0.2, 0.25) is 0 Å². The zero-order chi connectivity index (χ0) is 22.4. The summed E-state index contributed by atoms with van der Waals surface area (Å²) in [4.78, 5) is -0.363. The van der Waals surface area contributed by atoms with Crippen LogP contribution in [0.3, 0.4) is 0 Å². The SMILES string of the molecule is CCCCc1c(F)cc(-c2ccc(C#Cc3cc(F)c(SC#N)c(F)c3)cc2)cc1F. The van der Waals surface area contributed by atoms with E-state index in [-0.39, 0.29) is 16.0 Å². The van der Waals surface area contributed by atoms with Gasteiger partial charge in [0.1, 0.15) is 28.7 Å². The van der Waals surface area contributed by atoms with E-state index in [1.807, 2.05) is 6.92 Å². The van der Waals surface area contributed by atoms with E-state index in [0.29, 0.717) is 41.3 Å². The second-order valence-corrected chi connectivity index (χ2v) is 7.61. The van der Waals surface area contributed by atoms with Crippen molar-refractivity contribution in [1.82, 2.24) is 0 Å². The first-order valence-electron chi connectivity index (χ1n) is 9.58. The van der Waals surface area contributed by atoms with Crippen LogP contribution < -0.4 is 0 Å². The van der Waals surface area contributed by atoms with Crippen LogP contribution in [0.15, 0.2) is 53.4 Å². The predicted octanol–water partition coefficient (Wildman–Crippen LogP) is 7.23. The van der Waals surface area contributed by atoms with Crippen molar-refractivity contribution in [3.63, 3.8) is 0 Å². The number of thiocyanates is 1. The number of halogens is 4. The van der Waals surface area contributed by atoms with Crippen LogP contribution in [-0.2, 0) is 6.42 Å². The number of unbranched alkanes of at least 4 members (excludes halogenated alkanes) is 1. The number of nitriles is 1. The van der Waals surface area contributed by atoms with Gasteiger partial charge in [-0.05, 0) is 72.1 Å². The van der Waals surface area contributed by atoms with E-state index in [1.165, 1.54) is 12.1 Å². The van der Waals surface area contributed by atoms with Crippen molar-refractivity contribution >= 4 is 11.8 Å². The standard InChI is InChI=1S/C25H17F4NS/c1-2-3-4-20-21(26)13-19(14-22(20)27)18-9-7-16(8-10-18)5-6-17-11-23(28)25(31-15-30)24(29)12-17/h7-14H,2-4H2,1H3. The van der Waals surface area contributed by atoms with Gasteiger partial charge in [-0.2, -0.15) is 5.26 Å². The molecule has 3 aromatic carbocycles. The zero-order valence-corrected chi connectivity index (χ0v) is 17.4. The van der Waals surface area contributed by atoms with Crippen molar-refractivity contribution in [2.75, 3.05) is 0 Å². The monoisotopic (exact) mass is 439 g/mol. The number of nitrogens with zero attached hydrogens (tertiary/aromatic N) is 1. The van der Waals surface area contributed by atoms with Gasteiger partial charge >= 0.3 is 0 Å². The molecule has 0 saturated carbocycles. The molecule has 31 heavy (non-hydrogen) atoms. The van der Waals surface area contributed by atoms with Crippen LogP contribution in [0.4, 0.5) is 17.6 Å². The van der Waals surface area contributed by atoms with E-state index in [4.69, 9.17) is 5.26 Å². The lowest BCUT2D eigenvalue weighted by Gasteiger charge is -2.08. The highest BCUT2D eigenvalue weighted by Gasteiger charge is 2.12. The molecule has 0 aliphatic carbocycles. The molecule has 0 aliphatic rings. The molecule has 0 atom stereocenters. The average Bonchev–Trinajstić information content (AvgIpc) is 2.74. The van der Waals surface area contributed by atoms with Crippen LogP contribution in [0.25, 0.3) is 11.1 Å². The van der Waals surface area contributed by atoms with Gasteiger partial charge < -0.3 is 0 Å². The molecule has 1 nitrogen and oxygen atoms in total. The van der Waals surface area contributed by atoms with Gasteiger partial charge in [-0.15, -0.1) is 0 Å². The summed E-state index contributed by atoms with van der Waals surface area (Å²) in [5.74, 6) is 2.65. The molecule has 0 amide bonds. The van der Waals surface area contributed by atoms with Gasteiger partial charge in [0.25, 0.3) is 0 Å². The summed E-state index contributed by atoms with van der Waals surface area (Å²) in [6.45, 7) is 1.96. The smallest absolute Gasteiger partial charge is 0.142 e. The normalized spacial score (nSPS) is 10.3. The third-order valence-electron chi connectivity index (χ3n) is 4.64. The Morgan fingerprint density at radius 3 is 1.90 bits per heavy atom. The Balaban J connectivity index is 1.82. The third-order valence-corrected chi connectivity index (χ3v) is 5.32. The Bertz CT molecular complexity index is 1150. The second kappa shape index (κ2) is 10.2. The molecule has 0 unspecified atom stereocenters. The molecule has 0 spiro atoms. The molecule has 3 rings (SSSR count). The molecule has 0 aromatic heterocycles. The van der Waals surface area contributed by atoms with Crippen molar-refractivity contribution in [1.29, 1.82) is 5.26 Å². The Labute approximate surface area is 182 Å². The maximum Gasteiger partial charge on any atom is 0.142 e. The van der Waals surface area contributed by atoms with Gasteiger partial charge in [-0.25, -0.2) is 17.6 Å². The largest absolute Gasteiger partial charge is 0.207 e. The lowest BCUT2D eigenvalue weighted by atomic mass is 9.99. The van der Waals surface area contributed by atoms with Crippen molar-refractivity contribution in [3.8, 4) is 28.4 Å². The van der Waals surface area contributed by atoms with Crippen molar-refractivity contribution in [2.24, 2.45) is 0 Å². The summed E-state index contributed by atoms with van der Waals surface area (Å²) < 4.78 is 56.4. The minimum atomic E-state index is -0.849. The lowest BCUT2D eigenvalue weighted by molar-refractivity contribution is 0.540. The molecule has 0 heterocycles. The van der Waals surface area contributed by atoms with E-state index in [9.17, 15) is 17.6 Å². The molecule has 0 bridgehead atoms. The Morgan fingerprint density at radius 1 is 0.774 bits per heavy atom. The minimum absolute atomic E-state index is 0.103. The average molecular weight is 439 g/mol. The lowest BCUT2D eigenvalue weighted by Crippen LogP contribution is -1.97. The minimum Gasteiger partial charge on any atom is -0.207 e. The van der Waals surface area contributed by atoms with Gasteiger partial charge in [-0.1, -0.05) is 37.3 Å². The zero-order valence-electron chi connectivity index (χ0n) is 16.6. The first kappa shape index (κ1) is 22.5. The quantitative estimate of drug-likeness (QED) is 0.181. The fourth-order valence-corrected chi connectivity index (χ4v) is 3.43. The second-order valence-electron chi connectivity index (χ2n) is 6.81. The van der Waals surface area contributed by atoms with Crippen molar-refractivity contribution in [3.05, 3.63) is 88.5 Å². The van der Waals surface area contributed by atoms with E-state index >= 15 is 0 Å². The van der Waals surface area contributed by atoms with Crippen LogP contribution >= 0.6 is 11.8 Å². The number of thioether (sulfide) groups is 1. The van der Waals surface area contributed by atoms with Gasteiger partial charge in [0.15, 0.2) is 0 Å². The molecule has 3 aromatic rings. The van der Waals surface area contributed by atoms with E-state index in [2.05, 4.69) is 11.8 Å². The Kier molecular flexibility index (Phi) is 7.39. The van der Waals surface area contributed by atoms with Crippen molar-refractivity contribution < 1.29 is 17.6 Å². The first-order valence-corrected chi connectivity index (χ1v) is 10.4. The van der Waals surface area contributed by atoms with Crippen LogP contribution in [0.5, 0.6) is 0 Å². The van der Waals surface area contributed by atoms with Gasteiger partial charge in [-0.3, -0.25) is 0 Å². The van der Waals surface area contributed by atoms with Crippen LogP contribution in [0, 0.1) is 45.8 Å². The molecule has 6 heteroatoms. The highest BCUT2D eigenvalue weighted by molar-refractivity contribution is 8.03. The molecular weight excluding hydrogens is 422 g/mol. The van der Waals surface area contributed by atoms with Crippen LogP contribution in [0.2, 0.25) is 0 Å². The number of rotatable bonds is 5. The fourth-order valence-electron chi connectivity index (χ4n) is 3.03. The summed E-state index contributed by atoms with van der Waals surface area (Å²) in [6.07, 6.45) is 1.93. The molecular formula is C25H17F4NS. The molecule has 0 N–H and O–H groups in total. The Hall–Kier alpha value is -3.22. The maximum atomic E-state index is 14.3. The maximum absolute atomic E-state index is 14.3. The molecule has 0 saturated heterocycles. The van der Waals surface area contributed by atoms with E-state index < -0.39 is 23.3 Å². The van der Waals surface area contributed by atoms with E-state index in [1.54, 1.807) is 29.7 Å². The molecule has 0 aliphatic heterocycles. The van der Waals surface area contributed by atoms with Gasteiger partial charge in [0, 0.05) is 16.7 Å². The summed E-state index contributed by atoms with van der Waals surface area (Å²) >= 11 is 0.412. The van der Waals surface area contributed by atoms with Gasteiger partial charge in [0.05, 0.1) is 4.90 Å². The van der Waals surface area contributed by atoms with Crippen LogP contribution in [0.1, 0.15) is 36.5 Å². The highest BCUT2D eigenvalue weighted by Crippen LogP contribution is 2.27. The molecule has 0 fully saturated rings. The topological polar surface area (TPSA) is 23.8 Å². The summed E-state index contributed by atoms with van der Waals surface area (Å²) in [6, 6.07) is 11.5. The fraction of sp³-hybridized carbons (Fsp3) is 0.160.